The predicted octanol–water partition coefficient (Wildman–Crippen LogP) is 2.39. The minimum Gasteiger partial charge on any atom is -0.477 e. The van der Waals surface area contributed by atoms with Crippen LogP contribution in [0.25, 0.3) is 0 Å². The van der Waals surface area contributed by atoms with Crippen LogP contribution in [-0.2, 0) is 18.7 Å². The molecule has 0 amide bonds. The molecular formula is C15H21N3O2S. The molecule has 2 aliphatic rings. The lowest BCUT2D eigenvalue weighted by Crippen LogP contribution is -2.28. The van der Waals surface area contributed by atoms with Gasteiger partial charge in [0.25, 0.3) is 0 Å². The first kappa shape index (κ1) is 14.8. The van der Waals surface area contributed by atoms with E-state index in [0.717, 1.165) is 23.6 Å². The summed E-state index contributed by atoms with van der Waals surface area (Å²) >= 11 is 1.88. The maximum atomic E-state index is 11.4. The van der Waals surface area contributed by atoms with Crippen LogP contribution in [0.3, 0.4) is 0 Å². The Morgan fingerprint density at radius 2 is 2.10 bits per heavy atom. The van der Waals surface area contributed by atoms with Crippen molar-refractivity contribution in [2.45, 2.75) is 56.1 Å². The molecule has 1 fully saturated rings. The average molecular weight is 307 g/mol. The van der Waals surface area contributed by atoms with E-state index in [1.165, 1.54) is 32.1 Å². The van der Waals surface area contributed by atoms with Crippen LogP contribution in [0.4, 0.5) is 0 Å². The number of thioether (sulfide) groups is 1. The zero-order valence-corrected chi connectivity index (χ0v) is 12.9. The third-order valence-electron chi connectivity index (χ3n) is 4.19. The van der Waals surface area contributed by atoms with Gasteiger partial charge in [0.1, 0.15) is 5.82 Å². The van der Waals surface area contributed by atoms with E-state index in [2.05, 4.69) is 15.3 Å². The lowest BCUT2D eigenvalue weighted by Gasteiger charge is -2.21. The molecule has 0 saturated heterocycles. The van der Waals surface area contributed by atoms with E-state index in [9.17, 15) is 9.90 Å². The fraction of sp³-hybridized carbons (Fsp3) is 0.667. The van der Waals surface area contributed by atoms with Crippen LogP contribution in [0, 0.1) is 0 Å². The Morgan fingerprint density at radius 1 is 1.29 bits per heavy atom. The van der Waals surface area contributed by atoms with E-state index in [1.807, 2.05) is 11.8 Å². The molecule has 1 aromatic heterocycles. The number of nitrogens with one attached hydrogen (secondary N) is 1. The number of hydrogen-bond acceptors (Lipinski definition) is 5. The smallest absolute Gasteiger partial charge is 0.354 e. The van der Waals surface area contributed by atoms with Gasteiger partial charge in [-0.2, -0.15) is 11.8 Å². The van der Waals surface area contributed by atoms with Crippen LogP contribution in [-0.4, -0.2) is 32.8 Å². The van der Waals surface area contributed by atoms with Crippen LogP contribution < -0.4 is 5.32 Å². The number of carboxylic acid groups (broad SMARTS) is 1. The number of carbonyl (C=O) groups is 1. The highest BCUT2D eigenvalue weighted by molar-refractivity contribution is 7.99. The van der Waals surface area contributed by atoms with Crippen LogP contribution >= 0.6 is 11.8 Å². The van der Waals surface area contributed by atoms with Crippen molar-refractivity contribution in [2.75, 3.05) is 6.54 Å². The number of aromatic carboxylic acids is 1. The summed E-state index contributed by atoms with van der Waals surface area (Å²) in [6.07, 6.45) is 7.21. The van der Waals surface area contributed by atoms with Crippen molar-refractivity contribution >= 4 is 17.7 Å². The molecule has 3 rings (SSSR count). The first-order valence-corrected chi connectivity index (χ1v) is 8.73. The van der Waals surface area contributed by atoms with E-state index in [0.29, 0.717) is 24.0 Å². The van der Waals surface area contributed by atoms with Gasteiger partial charge in [0.2, 0.25) is 0 Å². The van der Waals surface area contributed by atoms with Crippen molar-refractivity contribution in [3.63, 3.8) is 0 Å². The second kappa shape index (κ2) is 6.75. The Hall–Kier alpha value is -1.14. The number of fused-ring (bicyclic) bond motifs is 1. The lowest BCUT2D eigenvalue weighted by molar-refractivity contribution is 0.0688. The van der Waals surface area contributed by atoms with Gasteiger partial charge >= 0.3 is 5.97 Å². The third-order valence-corrected chi connectivity index (χ3v) is 5.55. The lowest BCUT2D eigenvalue weighted by atomic mass is 10.0. The van der Waals surface area contributed by atoms with Crippen molar-refractivity contribution < 1.29 is 9.90 Å². The molecule has 21 heavy (non-hydrogen) atoms. The Balaban J connectivity index is 1.75. The highest BCUT2D eigenvalue weighted by Crippen LogP contribution is 2.30. The molecule has 1 aliphatic carbocycles. The highest BCUT2D eigenvalue weighted by Gasteiger charge is 2.22. The van der Waals surface area contributed by atoms with Gasteiger partial charge in [-0.15, -0.1) is 0 Å². The molecule has 1 aliphatic heterocycles. The van der Waals surface area contributed by atoms with Crippen molar-refractivity contribution in [1.82, 2.24) is 15.3 Å². The minimum atomic E-state index is -0.931. The molecule has 0 radical (unpaired) electrons. The van der Waals surface area contributed by atoms with Crippen molar-refractivity contribution in [3.8, 4) is 0 Å². The van der Waals surface area contributed by atoms with Gasteiger partial charge in [-0.05, 0) is 25.8 Å². The summed E-state index contributed by atoms with van der Waals surface area (Å²) in [7, 11) is 0. The average Bonchev–Trinajstić information content (AvgIpc) is 2.53. The second-order valence-electron chi connectivity index (χ2n) is 5.72. The standard InChI is InChI=1S/C15H21N3O2S/c19-15(20)14-11-6-7-16-8-12(11)17-13(18-14)9-21-10-4-2-1-3-5-10/h10,16H,1-9H2,(H,19,20). The van der Waals surface area contributed by atoms with Gasteiger partial charge in [0.15, 0.2) is 5.69 Å². The van der Waals surface area contributed by atoms with Gasteiger partial charge in [0.05, 0.1) is 11.4 Å². The molecule has 0 aromatic carbocycles. The normalized spacial score (nSPS) is 19.2. The topological polar surface area (TPSA) is 75.1 Å². The number of rotatable bonds is 4. The van der Waals surface area contributed by atoms with Crippen molar-refractivity contribution in [3.05, 3.63) is 22.8 Å². The number of nitrogens with zero attached hydrogens (tertiary/aromatic N) is 2. The molecule has 0 unspecified atom stereocenters. The largest absolute Gasteiger partial charge is 0.477 e. The Kier molecular flexibility index (Phi) is 4.75. The van der Waals surface area contributed by atoms with E-state index >= 15 is 0 Å². The number of carboxylic acids is 1. The molecule has 5 nitrogen and oxygen atoms in total. The molecule has 2 heterocycles. The molecule has 6 heteroatoms. The maximum absolute atomic E-state index is 11.4. The second-order valence-corrected chi connectivity index (χ2v) is 7.01. The Labute approximate surface area is 129 Å². The monoisotopic (exact) mass is 307 g/mol. The zero-order valence-electron chi connectivity index (χ0n) is 12.1. The van der Waals surface area contributed by atoms with Gasteiger partial charge in [-0.25, -0.2) is 14.8 Å². The quantitative estimate of drug-likeness (QED) is 0.889. The fourth-order valence-corrected chi connectivity index (χ4v) is 4.26. The summed E-state index contributed by atoms with van der Waals surface area (Å²) in [6, 6.07) is 0. The first-order valence-electron chi connectivity index (χ1n) is 7.68. The molecular weight excluding hydrogens is 286 g/mol. The van der Waals surface area contributed by atoms with Crippen molar-refractivity contribution in [2.24, 2.45) is 0 Å². The van der Waals surface area contributed by atoms with Crippen LogP contribution in [0.1, 0.15) is 59.7 Å². The third kappa shape index (κ3) is 3.55. The zero-order chi connectivity index (χ0) is 14.7. The highest BCUT2D eigenvalue weighted by atomic mass is 32.2. The number of aromatic nitrogens is 2. The Bertz CT molecular complexity index is 530. The molecule has 0 bridgehead atoms. The molecule has 1 aromatic rings. The molecule has 0 atom stereocenters. The van der Waals surface area contributed by atoms with E-state index in [-0.39, 0.29) is 5.69 Å². The van der Waals surface area contributed by atoms with E-state index < -0.39 is 5.97 Å². The summed E-state index contributed by atoms with van der Waals surface area (Å²) in [5, 5.41) is 13.3. The van der Waals surface area contributed by atoms with Crippen molar-refractivity contribution in [1.29, 1.82) is 0 Å². The van der Waals surface area contributed by atoms with E-state index in [1.54, 1.807) is 0 Å². The maximum Gasteiger partial charge on any atom is 0.354 e. The van der Waals surface area contributed by atoms with Crippen LogP contribution in [0.15, 0.2) is 0 Å². The fourth-order valence-electron chi connectivity index (χ4n) is 3.08. The van der Waals surface area contributed by atoms with Gasteiger partial charge in [0, 0.05) is 17.4 Å². The summed E-state index contributed by atoms with van der Waals surface area (Å²) in [5.74, 6) is 0.461. The van der Waals surface area contributed by atoms with Gasteiger partial charge in [-0.3, -0.25) is 0 Å². The molecule has 1 saturated carbocycles. The summed E-state index contributed by atoms with van der Waals surface area (Å²) in [6.45, 7) is 1.45. The summed E-state index contributed by atoms with van der Waals surface area (Å²) in [4.78, 5) is 20.3. The van der Waals surface area contributed by atoms with E-state index in [4.69, 9.17) is 0 Å². The van der Waals surface area contributed by atoms with Gasteiger partial charge < -0.3 is 10.4 Å². The minimum absolute atomic E-state index is 0.209. The van der Waals surface area contributed by atoms with Gasteiger partial charge in [-0.1, -0.05) is 19.3 Å². The molecule has 114 valence electrons. The predicted molar refractivity (Wildman–Crippen MR) is 82.6 cm³/mol. The summed E-state index contributed by atoms with van der Waals surface area (Å²) < 4.78 is 0. The Morgan fingerprint density at radius 3 is 2.86 bits per heavy atom. The molecule has 0 spiro atoms. The summed E-state index contributed by atoms with van der Waals surface area (Å²) in [5.41, 5.74) is 1.89. The SMILES string of the molecule is O=C(O)c1nc(CSC2CCCCC2)nc2c1CCNC2. The van der Waals surface area contributed by atoms with Crippen LogP contribution in [0.5, 0.6) is 0 Å². The number of hydrogen-bond donors (Lipinski definition) is 2. The van der Waals surface area contributed by atoms with Crippen LogP contribution in [0.2, 0.25) is 0 Å². The molecule has 2 N–H and O–H groups in total. The first-order chi connectivity index (χ1) is 10.2.